The number of aliphatic hydroxyl groups is 1. The van der Waals surface area contributed by atoms with E-state index < -0.39 is 0 Å². The van der Waals surface area contributed by atoms with Gasteiger partial charge in [0, 0.05) is 18.2 Å². The van der Waals surface area contributed by atoms with E-state index in [9.17, 15) is 5.11 Å². The molecule has 3 unspecified atom stereocenters. The summed E-state index contributed by atoms with van der Waals surface area (Å²) in [5, 5.41) is 13.2. The minimum absolute atomic E-state index is 0.207. The molecule has 1 aromatic carbocycles. The first kappa shape index (κ1) is 8.26. The van der Waals surface area contributed by atoms with Crippen molar-refractivity contribution in [2.75, 3.05) is 11.9 Å². The van der Waals surface area contributed by atoms with Crippen LogP contribution in [0.3, 0.4) is 0 Å². The summed E-state index contributed by atoms with van der Waals surface area (Å²) in [7, 11) is 0. The second-order valence-corrected chi connectivity index (χ2v) is 4.22. The number of nitrogens with two attached hydrogens (primary N) is 1. The van der Waals surface area contributed by atoms with Crippen molar-refractivity contribution in [3.05, 3.63) is 29.3 Å². The lowest BCUT2D eigenvalue weighted by molar-refractivity contribution is 0.120. The summed E-state index contributed by atoms with van der Waals surface area (Å²) in [4.78, 5) is 0. The van der Waals surface area contributed by atoms with Gasteiger partial charge in [0.1, 0.15) is 0 Å². The Morgan fingerprint density at radius 1 is 1.43 bits per heavy atom. The van der Waals surface area contributed by atoms with E-state index in [2.05, 4.69) is 11.4 Å². The van der Waals surface area contributed by atoms with Crippen LogP contribution in [-0.2, 0) is 0 Å². The van der Waals surface area contributed by atoms with Crippen LogP contribution in [0.15, 0.2) is 18.2 Å². The monoisotopic (exact) mass is 190 g/mol. The Morgan fingerprint density at radius 2 is 2.29 bits per heavy atom. The number of anilines is 1. The van der Waals surface area contributed by atoms with E-state index >= 15 is 0 Å². The summed E-state index contributed by atoms with van der Waals surface area (Å²) >= 11 is 0. The van der Waals surface area contributed by atoms with Crippen LogP contribution in [0.25, 0.3) is 0 Å². The van der Waals surface area contributed by atoms with Gasteiger partial charge in [0.15, 0.2) is 0 Å². The third-order valence-corrected chi connectivity index (χ3v) is 3.39. The van der Waals surface area contributed by atoms with Gasteiger partial charge in [0.05, 0.1) is 12.1 Å². The van der Waals surface area contributed by atoms with Crippen molar-refractivity contribution in [2.45, 2.75) is 24.5 Å². The highest BCUT2D eigenvalue weighted by molar-refractivity contribution is 5.62. The molecule has 3 heteroatoms. The molecular formula is C11H14N2O. The van der Waals surface area contributed by atoms with Crippen LogP contribution < -0.4 is 11.1 Å². The van der Waals surface area contributed by atoms with Crippen molar-refractivity contribution in [1.29, 1.82) is 0 Å². The van der Waals surface area contributed by atoms with E-state index in [1.54, 1.807) is 0 Å². The average molecular weight is 190 g/mol. The molecule has 14 heavy (non-hydrogen) atoms. The lowest BCUT2D eigenvalue weighted by Crippen LogP contribution is -2.33. The molecule has 0 bridgehead atoms. The van der Waals surface area contributed by atoms with Crippen LogP contribution in [0.2, 0.25) is 0 Å². The highest BCUT2D eigenvalue weighted by Gasteiger charge is 2.36. The molecule has 1 aliphatic carbocycles. The van der Waals surface area contributed by atoms with Crippen LogP contribution in [0, 0.1) is 0 Å². The molecule has 1 aromatic rings. The molecule has 0 spiro atoms. The summed E-state index contributed by atoms with van der Waals surface area (Å²) in [6, 6.07) is 5.91. The molecular weight excluding hydrogens is 176 g/mol. The predicted octanol–water partition coefficient (Wildman–Crippen LogP) is 0.960. The fraction of sp³-hybridized carbons (Fsp3) is 0.455. The fourth-order valence-corrected chi connectivity index (χ4v) is 2.67. The molecule has 1 heterocycles. The van der Waals surface area contributed by atoms with Gasteiger partial charge in [0.2, 0.25) is 0 Å². The van der Waals surface area contributed by atoms with Crippen molar-refractivity contribution in [3.8, 4) is 0 Å². The average Bonchev–Trinajstić information content (AvgIpc) is 2.59. The van der Waals surface area contributed by atoms with Gasteiger partial charge in [0.25, 0.3) is 0 Å². The number of hydrogen-bond acceptors (Lipinski definition) is 3. The lowest BCUT2D eigenvalue weighted by atomic mass is 9.80. The minimum Gasteiger partial charge on any atom is -0.391 e. The first-order valence-corrected chi connectivity index (χ1v) is 5.07. The Balaban J connectivity index is 2.19. The van der Waals surface area contributed by atoms with Crippen LogP contribution >= 0.6 is 0 Å². The molecule has 4 N–H and O–H groups in total. The van der Waals surface area contributed by atoms with Gasteiger partial charge in [-0.3, -0.25) is 0 Å². The molecule has 74 valence electrons. The summed E-state index contributed by atoms with van der Waals surface area (Å²) in [6.45, 7) is 0.941. The van der Waals surface area contributed by atoms with Gasteiger partial charge >= 0.3 is 0 Å². The molecule has 0 aromatic heterocycles. The second kappa shape index (κ2) is 2.72. The van der Waals surface area contributed by atoms with Crippen molar-refractivity contribution in [3.63, 3.8) is 0 Å². The maximum Gasteiger partial charge on any atom is 0.0739 e. The maximum absolute atomic E-state index is 9.80. The molecule has 0 saturated heterocycles. The fourth-order valence-electron chi connectivity index (χ4n) is 2.67. The number of nitrogens with one attached hydrogen (secondary N) is 1. The van der Waals surface area contributed by atoms with Crippen molar-refractivity contribution >= 4 is 5.69 Å². The molecule has 0 radical (unpaired) electrons. The van der Waals surface area contributed by atoms with E-state index in [4.69, 9.17) is 5.73 Å². The van der Waals surface area contributed by atoms with Crippen molar-refractivity contribution in [1.82, 2.24) is 0 Å². The van der Waals surface area contributed by atoms with E-state index in [1.807, 2.05) is 12.1 Å². The summed E-state index contributed by atoms with van der Waals surface area (Å²) in [5.41, 5.74) is 9.63. The van der Waals surface area contributed by atoms with Gasteiger partial charge in [-0.2, -0.15) is 0 Å². The van der Waals surface area contributed by atoms with E-state index in [-0.39, 0.29) is 12.1 Å². The van der Waals surface area contributed by atoms with Crippen LogP contribution in [0.1, 0.15) is 29.5 Å². The molecule has 1 aliphatic heterocycles. The highest BCUT2D eigenvalue weighted by atomic mass is 16.3. The Kier molecular flexibility index (Phi) is 1.60. The smallest absolute Gasteiger partial charge is 0.0739 e. The van der Waals surface area contributed by atoms with E-state index in [0.717, 1.165) is 18.5 Å². The molecule has 0 amide bonds. The molecule has 3 nitrogen and oxygen atoms in total. The zero-order valence-corrected chi connectivity index (χ0v) is 7.90. The van der Waals surface area contributed by atoms with Gasteiger partial charge in [-0.05, 0) is 23.6 Å². The molecule has 3 atom stereocenters. The van der Waals surface area contributed by atoms with Crippen LogP contribution in [-0.4, -0.2) is 17.8 Å². The molecule has 0 fully saturated rings. The quantitative estimate of drug-likeness (QED) is 0.571. The SMILES string of the molecule is NC1c2cccc3c2C(CN3)CC1O. The zero-order valence-electron chi connectivity index (χ0n) is 7.90. The van der Waals surface area contributed by atoms with Crippen LogP contribution in [0.4, 0.5) is 5.69 Å². The van der Waals surface area contributed by atoms with Crippen LogP contribution in [0.5, 0.6) is 0 Å². The van der Waals surface area contributed by atoms with Gasteiger partial charge in [-0.15, -0.1) is 0 Å². The molecule has 2 aliphatic rings. The van der Waals surface area contributed by atoms with E-state index in [0.29, 0.717) is 5.92 Å². The van der Waals surface area contributed by atoms with Gasteiger partial charge < -0.3 is 16.2 Å². The Hall–Kier alpha value is -1.06. The molecule has 3 rings (SSSR count). The molecule has 0 saturated carbocycles. The first-order chi connectivity index (χ1) is 6.77. The van der Waals surface area contributed by atoms with Crippen molar-refractivity contribution in [2.24, 2.45) is 5.73 Å². The highest BCUT2D eigenvalue weighted by Crippen LogP contribution is 2.44. The predicted molar refractivity (Wildman–Crippen MR) is 55.2 cm³/mol. The minimum atomic E-state index is -0.386. The number of aliphatic hydroxyl groups excluding tert-OH is 1. The standard InChI is InChI=1S/C11H14N2O/c12-11-7-2-1-3-8-10(7)6(5-13-8)4-9(11)14/h1-3,6,9,11,13-14H,4-5,12H2. The summed E-state index contributed by atoms with van der Waals surface area (Å²) in [5.74, 6) is 0.455. The number of benzene rings is 1. The second-order valence-electron chi connectivity index (χ2n) is 4.22. The van der Waals surface area contributed by atoms with Gasteiger partial charge in [-0.1, -0.05) is 12.1 Å². The lowest BCUT2D eigenvalue weighted by Gasteiger charge is -2.30. The number of hydrogen-bond donors (Lipinski definition) is 3. The topological polar surface area (TPSA) is 58.3 Å². The third kappa shape index (κ3) is 0.938. The van der Waals surface area contributed by atoms with Gasteiger partial charge in [-0.25, -0.2) is 0 Å². The van der Waals surface area contributed by atoms with Crippen molar-refractivity contribution < 1.29 is 5.11 Å². The Bertz CT molecular complexity index is 378. The maximum atomic E-state index is 9.80. The largest absolute Gasteiger partial charge is 0.391 e. The Morgan fingerprint density at radius 3 is 3.14 bits per heavy atom. The summed E-state index contributed by atoms with van der Waals surface area (Å²) < 4.78 is 0. The zero-order chi connectivity index (χ0) is 9.71. The Labute approximate surface area is 82.9 Å². The third-order valence-electron chi connectivity index (χ3n) is 3.39. The van der Waals surface area contributed by atoms with E-state index in [1.165, 1.54) is 11.3 Å². The normalized spacial score (nSPS) is 33.7. The summed E-state index contributed by atoms with van der Waals surface area (Å²) in [6.07, 6.45) is 0.403. The first-order valence-electron chi connectivity index (χ1n) is 5.07. The number of rotatable bonds is 0.